The van der Waals surface area contributed by atoms with E-state index in [1.165, 1.54) is 45.7 Å². The SMILES string of the molecule is CO/N=C(\C(=O)N[C@@H]1C(=O)N2C(C(=O)O)=C(C[n+]3cc(C(=O)O)c(N)n4nccc43)CS[C@H]12)c1csc(N)n1. The number of hydrogen-bond acceptors (Lipinski definition) is 12. The lowest BCUT2D eigenvalue weighted by molar-refractivity contribution is -0.666. The van der Waals surface area contributed by atoms with Crippen LogP contribution in [0.1, 0.15) is 16.1 Å². The van der Waals surface area contributed by atoms with Crippen molar-refractivity contribution in [3.05, 3.63) is 46.4 Å². The van der Waals surface area contributed by atoms with Gasteiger partial charge in [0.2, 0.25) is 5.82 Å². The first kappa shape index (κ1) is 25.9. The maximum Gasteiger partial charge on any atom is 0.352 e. The van der Waals surface area contributed by atoms with Crippen LogP contribution in [-0.2, 0) is 25.8 Å². The number of nitrogen functional groups attached to an aromatic ring is 2. The number of fused-ring (bicyclic) bond motifs is 2. The summed E-state index contributed by atoms with van der Waals surface area (Å²) in [5.41, 5.74) is 11.9. The largest absolute Gasteiger partial charge is 0.477 e. The van der Waals surface area contributed by atoms with Crippen molar-refractivity contribution >= 4 is 69.2 Å². The molecule has 1 fully saturated rings. The molecule has 3 aromatic heterocycles. The van der Waals surface area contributed by atoms with Gasteiger partial charge < -0.3 is 31.8 Å². The van der Waals surface area contributed by atoms with Crippen LogP contribution < -0.4 is 21.4 Å². The van der Waals surface area contributed by atoms with Crippen molar-refractivity contribution in [1.29, 1.82) is 0 Å². The third-order valence-corrected chi connectivity index (χ3v) is 8.01. The molecule has 7 N–H and O–H groups in total. The zero-order chi connectivity index (χ0) is 28.0. The molecule has 202 valence electrons. The average molecular weight is 575 g/mol. The number of nitrogens with one attached hydrogen (secondary N) is 1. The highest BCUT2D eigenvalue weighted by Gasteiger charge is 2.54. The number of nitrogens with zero attached hydrogens (tertiary/aromatic N) is 6. The van der Waals surface area contributed by atoms with Crippen LogP contribution in [0.3, 0.4) is 0 Å². The first-order chi connectivity index (χ1) is 18.6. The zero-order valence-corrected chi connectivity index (χ0v) is 21.6. The number of carboxylic acid groups (broad SMARTS) is 2. The summed E-state index contributed by atoms with van der Waals surface area (Å²) in [6.45, 7) is -0.0478. The number of carbonyl (C=O) groups excluding carboxylic acids is 2. The Hall–Kier alpha value is -4.71. The standard InChI is InChI=1S/C21H19N9O7S2/c1-37-27-12(10-7-39-21(23)25-10)16(31)26-13-17(32)29-14(20(35)36)8(6-38-18(13)29)4-28-5-9(19(33)34)15(22)30-11(28)2-3-24-30/h2-3,5,7,13,18,22H,4,6H2,1H3,(H5,23,25,26,31,33,34,35,36)/p+1/b27-12-/t13-,18-/m1/s1. The smallest absolute Gasteiger partial charge is 0.352 e. The molecule has 2 atom stereocenters. The van der Waals surface area contributed by atoms with Gasteiger partial charge in [-0.05, 0) is 0 Å². The summed E-state index contributed by atoms with van der Waals surface area (Å²) in [5, 5.41) is 30.9. The molecule has 1 saturated heterocycles. The monoisotopic (exact) mass is 574 g/mol. The van der Waals surface area contributed by atoms with E-state index in [9.17, 15) is 29.4 Å². The summed E-state index contributed by atoms with van der Waals surface area (Å²) in [5.74, 6) is -3.89. The predicted molar refractivity (Wildman–Crippen MR) is 137 cm³/mol. The molecule has 3 aromatic rings. The molecule has 39 heavy (non-hydrogen) atoms. The van der Waals surface area contributed by atoms with Gasteiger partial charge in [-0.15, -0.1) is 23.1 Å². The summed E-state index contributed by atoms with van der Waals surface area (Å²) in [6, 6.07) is 0.567. The number of aromatic nitrogens is 4. The van der Waals surface area contributed by atoms with Crippen molar-refractivity contribution in [2.45, 2.75) is 18.0 Å². The van der Waals surface area contributed by atoms with E-state index in [1.807, 2.05) is 0 Å². The third kappa shape index (κ3) is 4.38. The molecule has 0 radical (unpaired) electrons. The molecule has 0 saturated carbocycles. The summed E-state index contributed by atoms with van der Waals surface area (Å²) < 4.78 is 2.74. The lowest BCUT2D eigenvalue weighted by Crippen LogP contribution is -2.71. The number of anilines is 2. The fourth-order valence-corrected chi connectivity index (χ4v) is 6.19. The Morgan fingerprint density at radius 1 is 1.31 bits per heavy atom. The number of rotatable bonds is 8. The highest BCUT2D eigenvalue weighted by atomic mass is 32.2. The number of β-lactam (4-membered cyclic amide) rings is 1. The molecule has 18 heteroatoms. The maximum atomic E-state index is 13.1. The number of carboxylic acids is 2. The molecule has 0 unspecified atom stereocenters. The maximum absolute atomic E-state index is 13.1. The Kier molecular flexibility index (Phi) is 6.56. The molecule has 0 spiro atoms. The molecular formula is C21H20N9O7S2+. The van der Waals surface area contributed by atoms with Gasteiger partial charge in [0.15, 0.2) is 16.4 Å². The van der Waals surface area contributed by atoms with E-state index >= 15 is 0 Å². The second-order valence-corrected chi connectivity index (χ2v) is 10.3. The minimum atomic E-state index is -1.34. The van der Waals surface area contributed by atoms with Crippen molar-refractivity contribution in [3.8, 4) is 0 Å². The molecule has 5 heterocycles. The number of oxime groups is 1. The van der Waals surface area contributed by atoms with Gasteiger partial charge in [0.1, 0.15) is 42.7 Å². The summed E-state index contributed by atoms with van der Waals surface area (Å²) >= 11 is 2.34. The molecule has 16 nitrogen and oxygen atoms in total. The number of thiazole rings is 1. The Bertz CT molecular complexity index is 1610. The number of aromatic carboxylic acids is 1. The van der Waals surface area contributed by atoms with Crippen LogP contribution in [-0.4, -0.2) is 83.5 Å². The second kappa shape index (κ2) is 9.87. The van der Waals surface area contributed by atoms with Crippen LogP contribution in [0, 0.1) is 0 Å². The van der Waals surface area contributed by atoms with Gasteiger partial charge >= 0.3 is 17.6 Å². The second-order valence-electron chi connectivity index (χ2n) is 8.27. The quantitative estimate of drug-likeness (QED) is 0.0917. The lowest BCUT2D eigenvalue weighted by Gasteiger charge is -2.49. The third-order valence-electron chi connectivity index (χ3n) is 6.00. The summed E-state index contributed by atoms with van der Waals surface area (Å²) in [4.78, 5) is 59.9. The Labute approximate surface area is 226 Å². The fraction of sp³-hybridized carbons (Fsp3) is 0.238. The Morgan fingerprint density at radius 2 is 2.08 bits per heavy atom. The molecule has 0 aromatic carbocycles. The van der Waals surface area contributed by atoms with Crippen LogP contribution in [0.4, 0.5) is 10.9 Å². The van der Waals surface area contributed by atoms with E-state index in [0.29, 0.717) is 11.2 Å². The van der Waals surface area contributed by atoms with E-state index in [4.69, 9.17) is 16.3 Å². The molecule has 0 aliphatic carbocycles. The molecule has 0 bridgehead atoms. The first-order valence-electron chi connectivity index (χ1n) is 11.0. The highest BCUT2D eigenvalue weighted by molar-refractivity contribution is 8.00. The van der Waals surface area contributed by atoms with Gasteiger partial charge in [-0.1, -0.05) is 14.8 Å². The van der Waals surface area contributed by atoms with E-state index < -0.39 is 35.2 Å². The van der Waals surface area contributed by atoms with Crippen molar-refractivity contribution in [1.82, 2.24) is 24.8 Å². The van der Waals surface area contributed by atoms with Gasteiger partial charge in [-0.25, -0.2) is 19.1 Å². The van der Waals surface area contributed by atoms with E-state index in [1.54, 1.807) is 6.07 Å². The van der Waals surface area contributed by atoms with Crippen molar-refractivity contribution in [2.75, 3.05) is 24.3 Å². The van der Waals surface area contributed by atoms with Gasteiger partial charge in [0, 0.05) is 16.7 Å². The zero-order valence-electron chi connectivity index (χ0n) is 20.0. The molecule has 2 amide bonds. The van der Waals surface area contributed by atoms with Gasteiger partial charge in [-0.2, -0.15) is 0 Å². The minimum absolute atomic E-state index is 0.0478. The van der Waals surface area contributed by atoms with Crippen molar-refractivity contribution in [3.63, 3.8) is 0 Å². The molecule has 2 aliphatic heterocycles. The number of nitrogens with two attached hydrogens (primary N) is 2. The molecule has 5 rings (SSSR count). The van der Waals surface area contributed by atoms with E-state index in [0.717, 1.165) is 16.2 Å². The van der Waals surface area contributed by atoms with Crippen LogP contribution in [0.5, 0.6) is 0 Å². The number of hydrogen-bond donors (Lipinski definition) is 5. The molecule has 2 aliphatic rings. The van der Waals surface area contributed by atoms with Crippen LogP contribution in [0.25, 0.3) is 5.65 Å². The topological polar surface area (TPSA) is 232 Å². The predicted octanol–water partition coefficient (Wildman–Crippen LogP) is -1.27. The fourth-order valence-electron chi connectivity index (χ4n) is 4.31. The first-order valence-corrected chi connectivity index (χ1v) is 13.0. The molecular weight excluding hydrogens is 554 g/mol. The van der Waals surface area contributed by atoms with Crippen LogP contribution in [0.15, 0.2) is 40.3 Å². The normalized spacial score (nSPS) is 19.1. The van der Waals surface area contributed by atoms with E-state index in [2.05, 4.69) is 20.6 Å². The van der Waals surface area contributed by atoms with Gasteiger partial charge in [0.25, 0.3) is 11.8 Å². The Morgan fingerprint density at radius 3 is 2.72 bits per heavy atom. The van der Waals surface area contributed by atoms with Crippen molar-refractivity contribution < 1.29 is 38.8 Å². The highest BCUT2D eigenvalue weighted by Crippen LogP contribution is 2.40. The van der Waals surface area contributed by atoms with Crippen LogP contribution in [0.2, 0.25) is 0 Å². The number of carbonyl (C=O) groups is 4. The number of thioether (sulfide) groups is 1. The van der Waals surface area contributed by atoms with Crippen LogP contribution >= 0.6 is 23.1 Å². The van der Waals surface area contributed by atoms with Gasteiger partial charge in [-0.3, -0.25) is 14.5 Å². The summed E-state index contributed by atoms with van der Waals surface area (Å²) in [7, 11) is 1.25. The number of aliphatic carboxylic acids is 1. The van der Waals surface area contributed by atoms with E-state index in [-0.39, 0.29) is 45.9 Å². The van der Waals surface area contributed by atoms with Gasteiger partial charge in [0.05, 0.1) is 12.3 Å². The van der Waals surface area contributed by atoms with Crippen molar-refractivity contribution in [2.24, 2.45) is 5.16 Å². The Balaban J connectivity index is 1.42. The summed E-state index contributed by atoms with van der Waals surface area (Å²) in [6.07, 6.45) is 2.72. The average Bonchev–Trinajstić information content (AvgIpc) is 3.56. The number of amides is 2. The minimum Gasteiger partial charge on any atom is -0.477 e. The lowest BCUT2D eigenvalue weighted by atomic mass is 10.0.